The number of amides is 1. The van der Waals surface area contributed by atoms with Gasteiger partial charge in [0.2, 0.25) is 0 Å². The molecule has 0 spiro atoms. The quantitative estimate of drug-likeness (QED) is 0.704. The second kappa shape index (κ2) is 7.58. The van der Waals surface area contributed by atoms with Gasteiger partial charge in [0.25, 0.3) is 5.91 Å². The maximum absolute atomic E-state index is 13.4. The van der Waals surface area contributed by atoms with Crippen molar-refractivity contribution in [1.82, 2.24) is 10.3 Å². The molecule has 1 aliphatic rings. The third kappa shape index (κ3) is 3.94. The van der Waals surface area contributed by atoms with Crippen LogP contribution in [0.3, 0.4) is 0 Å². The number of rotatable bonds is 4. The van der Waals surface area contributed by atoms with Gasteiger partial charge in [-0.05, 0) is 29.3 Å². The molecular weight excluding hydrogens is 381 g/mol. The van der Waals surface area contributed by atoms with E-state index in [2.05, 4.69) is 10.3 Å². The molecule has 0 aliphatic carbocycles. The van der Waals surface area contributed by atoms with E-state index in [1.165, 1.54) is 24.5 Å². The van der Waals surface area contributed by atoms with Crippen molar-refractivity contribution in [3.05, 3.63) is 83.7 Å². The molecule has 0 saturated heterocycles. The fourth-order valence-corrected chi connectivity index (χ4v) is 3.44. The van der Waals surface area contributed by atoms with E-state index in [4.69, 9.17) is 4.74 Å². The molecule has 2 heterocycles. The lowest BCUT2D eigenvalue weighted by atomic mass is 9.96. The molecular formula is C22H17F3N2O2. The molecule has 1 aliphatic heterocycles. The highest BCUT2D eigenvalue weighted by Gasteiger charge is 2.35. The summed E-state index contributed by atoms with van der Waals surface area (Å²) in [4.78, 5) is 16.1. The van der Waals surface area contributed by atoms with Gasteiger partial charge in [-0.1, -0.05) is 36.4 Å². The molecule has 1 amide bonds. The largest absolute Gasteiger partial charge is 0.487 e. The minimum atomic E-state index is -4.46. The minimum Gasteiger partial charge on any atom is -0.487 e. The van der Waals surface area contributed by atoms with E-state index in [0.29, 0.717) is 23.3 Å². The Balaban J connectivity index is 1.54. The first-order valence-electron chi connectivity index (χ1n) is 9.07. The number of nitrogens with zero attached hydrogens (tertiary/aromatic N) is 1. The van der Waals surface area contributed by atoms with Gasteiger partial charge in [-0.25, -0.2) is 0 Å². The zero-order valence-corrected chi connectivity index (χ0v) is 15.2. The Kier molecular flexibility index (Phi) is 4.96. The topological polar surface area (TPSA) is 51.2 Å². The van der Waals surface area contributed by atoms with Gasteiger partial charge in [0.05, 0.1) is 12.1 Å². The van der Waals surface area contributed by atoms with E-state index < -0.39 is 11.7 Å². The summed E-state index contributed by atoms with van der Waals surface area (Å²) in [5.74, 6) is 0.182. The predicted molar refractivity (Wildman–Crippen MR) is 102 cm³/mol. The lowest BCUT2D eigenvalue weighted by Crippen LogP contribution is -2.34. The molecule has 0 fully saturated rings. The van der Waals surface area contributed by atoms with Gasteiger partial charge < -0.3 is 10.1 Å². The Morgan fingerprint density at radius 2 is 1.76 bits per heavy atom. The molecule has 0 unspecified atom stereocenters. The van der Waals surface area contributed by atoms with Gasteiger partial charge in [0.1, 0.15) is 11.9 Å². The fourth-order valence-electron chi connectivity index (χ4n) is 3.44. The molecule has 29 heavy (non-hydrogen) atoms. The van der Waals surface area contributed by atoms with Gasteiger partial charge in [-0.15, -0.1) is 0 Å². The highest BCUT2D eigenvalue weighted by molar-refractivity contribution is 5.94. The van der Waals surface area contributed by atoms with Crippen molar-refractivity contribution >= 4 is 5.91 Å². The average Bonchev–Trinajstić information content (AvgIpc) is 3.15. The summed E-state index contributed by atoms with van der Waals surface area (Å²) in [6.45, 7) is 0.246. The van der Waals surface area contributed by atoms with E-state index in [0.717, 1.165) is 11.6 Å². The monoisotopic (exact) mass is 398 g/mol. The summed E-state index contributed by atoms with van der Waals surface area (Å²) in [5.41, 5.74) is 1.08. The van der Waals surface area contributed by atoms with Gasteiger partial charge in [-0.3, -0.25) is 9.78 Å². The van der Waals surface area contributed by atoms with Crippen LogP contribution in [0.15, 0.2) is 67.0 Å². The Bertz CT molecular complexity index is 1040. The van der Waals surface area contributed by atoms with Crippen molar-refractivity contribution in [2.75, 3.05) is 6.54 Å². The summed E-state index contributed by atoms with van der Waals surface area (Å²) in [6.07, 6.45) is -1.25. The molecule has 2 aromatic carbocycles. The van der Waals surface area contributed by atoms with Crippen molar-refractivity contribution in [1.29, 1.82) is 0 Å². The van der Waals surface area contributed by atoms with Crippen LogP contribution in [0.25, 0.3) is 11.1 Å². The van der Waals surface area contributed by atoms with Crippen LogP contribution in [0, 0.1) is 0 Å². The van der Waals surface area contributed by atoms with Crippen molar-refractivity contribution in [2.45, 2.75) is 18.7 Å². The first-order valence-corrected chi connectivity index (χ1v) is 9.07. The highest BCUT2D eigenvalue weighted by Crippen LogP contribution is 2.43. The van der Waals surface area contributed by atoms with Crippen LogP contribution in [-0.2, 0) is 12.6 Å². The smallest absolute Gasteiger partial charge is 0.417 e. The number of carbonyl (C=O) groups is 1. The number of halogens is 3. The highest BCUT2D eigenvalue weighted by atomic mass is 19.4. The molecule has 0 saturated carbocycles. The number of hydrogen-bond donors (Lipinski definition) is 1. The van der Waals surface area contributed by atoms with Gasteiger partial charge in [-0.2, -0.15) is 13.2 Å². The van der Waals surface area contributed by atoms with Gasteiger partial charge in [0.15, 0.2) is 0 Å². The summed E-state index contributed by atoms with van der Waals surface area (Å²) in [6, 6.07) is 13.8. The Labute approximate surface area is 165 Å². The number of fused-ring (bicyclic) bond motifs is 1. The van der Waals surface area contributed by atoms with E-state index in [1.54, 1.807) is 30.3 Å². The number of nitrogens with one attached hydrogen (secondary N) is 1. The number of pyridine rings is 1. The van der Waals surface area contributed by atoms with Crippen molar-refractivity contribution in [3.8, 4) is 16.9 Å². The number of ether oxygens (including phenoxy) is 1. The van der Waals surface area contributed by atoms with Crippen molar-refractivity contribution < 1.29 is 22.7 Å². The second-order valence-corrected chi connectivity index (χ2v) is 6.73. The zero-order valence-electron chi connectivity index (χ0n) is 15.2. The number of hydrogen-bond acceptors (Lipinski definition) is 3. The first kappa shape index (κ1) is 19.0. The van der Waals surface area contributed by atoms with E-state index in [1.807, 2.05) is 6.07 Å². The Morgan fingerprint density at radius 1 is 1.03 bits per heavy atom. The van der Waals surface area contributed by atoms with Crippen LogP contribution >= 0.6 is 0 Å². The standard InChI is InChI=1S/C22H17F3N2O2/c23-22(24,25)19-7-2-1-5-17(19)18-6-3-4-15-12-16(29-20(15)18)13-27-21(28)14-8-10-26-11-9-14/h1-11,16H,12-13H2,(H,27,28)/t16-/m1/s1. The lowest BCUT2D eigenvalue weighted by molar-refractivity contribution is -0.137. The van der Waals surface area contributed by atoms with E-state index >= 15 is 0 Å². The van der Waals surface area contributed by atoms with E-state index in [9.17, 15) is 18.0 Å². The molecule has 1 atom stereocenters. The van der Waals surface area contributed by atoms with Gasteiger partial charge in [0, 0.05) is 29.9 Å². The van der Waals surface area contributed by atoms with Crippen LogP contribution in [0.4, 0.5) is 13.2 Å². The van der Waals surface area contributed by atoms with Crippen LogP contribution in [-0.4, -0.2) is 23.5 Å². The van der Waals surface area contributed by atoms with E-state index in [-0.39, 0.29) is 24.1 Å². The molecule has 4 nitrogen and oxygen atoms in total. The van der Waals surface area contributed by atoms with Gasteiger partial charge >= 0.3 is 6.18 Å². The molecule has 3 aromatic rings. The third-order valence-electron chi connectivity index (χ3n) is 4.78. The minimum absolute atomic E-state index is 0.0818. The number of carbonyl (C=O) groups excluding carboxylic acids is 1. The SMILES string of the molecule is O=C(NC[C@H]1Cc2cccc(-c3ccccc3C(F)(F)F)c2O1)c1ccncc1. The predicted octanol–water partition coefficient (Wildman–Crippen LogP) is 4.50. The molecule has 1 N–H and O–H groups in total. The molecule has 148 valence electrons. The first-order chi connectivity index (χ1) is 13.9. The Hall–Kier alpha value is -3.35. The van der Waals surface area contributed by atoms with Crippen LogP contribution in [0.5, 0.6) is 5.75 Å². The maximum atomic E-state index is 13.4. The summed E-state index contributed by atoms with van der Waals surface area (Å²) in [7, 11) is 0. The fraction of sp³-hybridized carbons (Fsp3) is 0.182. The zero-order chi connectivity index (χ0) is 20.4. The Morgan fingerprint density at radius 3 is 2.52 bits per heavy atom. The van der Waals surface area contributed by atoms with Crippen LogP contribution < -0.4 is 10.1 Å². The number of para-hydroxylation sites is 1. The van der Waals surface area contributed by atoms with Crippen molar-refractivity contribution in [2.24, 2.45) is 0 Å². The van der Waals surface area contributed by atoms with Crippen molar-refractivity contribution in [3.63, 3.8) is 0 Å². The number of benzene rings is 2. The maximum Gasteiger partial charge on any atom is 0.417 e. The number of alkyl halides is 3. The third-order valence-corrected chi connectivity index (χ3v) is 4.78. The molecule has 1 aromatic heterocycles. The molecule has 4 rings (SSSR count). The van der Waals surface area contributed by atoms with Crippen LogP contribution in [0.2, 0.25) is 0 Å². The number of aromatic nitrogens is 1. The molecule has 0 bridgehead atoms. The lowest BCUT2D eigenvalue weighted by Gasteiger charge is -2.16. The second-order valence-electron chi connectivity index (χ2n) is 6.73. The summed E-state index contributed by atoms with van der Waals surface area (Å²) >= 11 is 0. The normalized spacial score (nSPS) is 15.5. The summed E-state index contributed by atoms with van der Waals surface area (Å²) in [5, 5.41) is 2.80. The van der Waals surface area contributed by atoms with Crippen LogP contribution in [0.1, 0.15) is 21.5 Å². The molecule has 7 heteroatoms. The molecule has 0 radical (unpaired) electrons. The summed E-state index contributed by atoms with van der Waals surface area (Å²) < 4.78 is 46.3. The average molecular weight is 398 g/mol.